The molecule has 7 heteroatoms. The first-order valence-corrected chi connectivity index (χ1v) is 9.91. The molecule has 0 saturated heterocycles. The molecule has 0 unspecified atom stereocenters. The van der Waals surface area contributed by atoms with Crippen LogP contribution in [0.2, 0.25) is 5.02 Å². The zero-order valence-electron chi connectivity index (χ0n) is 15.8. The summed E-state index contributed by atoms with van der Waals surface area (Å²) in [6.45, 7) is 2.15. The lowest BCUT2D eigenvalue weighted by Gasteiger charge is -2.20. The van der Waals surface area contributed by atoms with E-state index < -0.39 is 0 Å². The van der Waals surface area contributed by atoms with E-state index in [9.17, 15) is 9.59 Å². The lowest BCUT2D eigenvalue weighted by atomic mass is 10.2. The van der Waals surface area contributed by atoms with Crippen LogP contribution in [0, 0.1) is 0 Å². The topological polar surface area (TPSA) is 67.2 Å². The molecule has 148 valence electrons. The molecule has 29 heavy (non-hydrogen) atoms. The summed E-state index contributed by atoms with van der Waals surface area (Å²) in [6.07, 6.45) is 0.777. The highest BCUT2D eigenvalue weighted by molar-refractivity contribution is 6.30. The highest BCUT2D eigenvalue weighted by atomic mass is 35.5. The summed E-state index contributed by atoms with van der Waals surface area (Å²) in [7, 11) is 0. The number of amides is 2. The molecule has 0 saturated carbocycles. The Morgan fingerprint density at radius 1 is 1.03 bits per heavy atom. The Labute approximate surface area is 174 Å². The van der Waals surface area contributed by atoms with Crippen LogP contribution in [-0.4, -0.2) is 33.0 Å². The number of hydrogen-bond acceptors (Lipinski definition) is 3. The number of fused-ring (bicyclic) bond motifs is 1. The Hall–Kier alpha value is -3.12. The first-order chi connectivity index (χ1) is 14.1. The van der Waals surface area contributed by atoms with E-state index in [1.807, 2.05) is 54.6 Å². The highest BCUT2D eigenvalue weighted by Gasteiger charge is 2.26. The smallest absolute Gasteiger partial charge is 0.272 e. The van der Waals surface area contributed by atoms with E-state index in [1.165, 1.54) is 0 Å². The fourth-order valence-corrected chi connectivity index (χ4v) is 3.50. The van der Waals surface area contributed by atoms with Crippen LogP contribution in [-0.2, 0) is 19.6 Å². The van der Waals surface area contributed by atoms with Gasteiger partial charge in [0, 0.05) is 37.3 Å². The molecular weight excluding hydrogens is 388 g/mol. The molecule has 0 bridgehead atoms. The van der Waals surface area contributed by atoms with Gasteiger partial charge in [-0.25, -0.2) is 0 Å². The first-order valence-electron chi connectivity index (χ1n) is 9.54. The Kier molecular flexibility index (Phi) is 5.62. The van der Waals surface area contributed by atoms with E-state index in [0.717, 1.165) is 17.5 Å². The van der Waals surface area contributed by atoms with Gasteiger partial charge in [0.25, 0.3) is 11.8 Å². The maximum atomic E-state index is 13.0. The second-order valence-corrected chi connectivity index (χ2v) is 7.45. The normalized spacial score (nSPS) is 13.7. The third kappa shape index (κ3) is 4.49. The maximum absolute atomic E-state index is 13.0. The predicted octanol–water partition coefficient (Wildman–Crippen LogP) is 3.51. The molecule has 1 aromatic heterocycles. The second-order valence-electron chi connectivity index (χ2n) is 7.01. The standard InChI is InChI=1S/C22H21ClN4O2/c23-18-9-7-17(8-10-18)15-26-11-4-12-27-20(22(26)29)13-19(25-27)21(28)24-14-16-5-2-1-3-6-16/h1-3,5-10,13H,4,11-12,14-15H2,(H,24,28). The van der Waals surface area contributed by atoms with Crippen LogP contribution in [0.15, 0.2) is 60.7 Å². The quantitative estimate of drug-likeness (QED) is 0.702. The van der Waals surface area contributed by atoms with Gasteiger partial charge < -0.3 is 10.2 Å². The van der Waals surface area contributed by atoms with Gasteiger partial charge in [0.15, 0.2) is 5.69 Å². The molecule has 2 amide bonds. The van der Waals surface area contributed by atoms with Crippen molar-refractivity contribution in [2.75, 3.05) is 6.54 Å². The molecule has 0 atom stereocenters. The van der Waals surface area contributed by atoms with Crippen molar-refractivity contribution in [3.63, 3.8) is 0 Å². The minimum atomic E-state index is -0.286. The molecule has 1 N–H and O–H groups in total. The van der Waals surface area contributed by atoms with Crippen LogP contribution in [0.5, 0.6) is 0 Å². The predicted molar refractivity (Wildman–Crippen MR) is 111 cm³/mol. The van der Waals surface area contributed by atoms with Crippen molar-refractivity contribution in [3.8, 4) is 0 Å². The minimum Gasteiger partial charge on any atom is -0.347 e. The summed E-state index contributed by atoms with van der Waals surface area (Å²) in [5.41, 5.74) is 2.72. The summed E-state index contributed by atoms with van der Waals surface area (Å²) < 4.78 is 1.64. The fourth-order valence-electron chi connectivity index (χ4n) is 3.38. The second kappa shape index (κ2) is 8.49. The van der Waals surface area contributed by atoms with E-state index in [4.69, 9.17) is 11.6 Å². The molecule has 0 spiro atoms. The molecule has 3 aromatic rings. The molecule has 0 fully saturated rings. The number of nitrogens with one attached hydrogen (secondary N) is 1. The monoisotopic (exact) mass is 408 g/mol. The van der Waals surface area contributed by atoms with Crippen LogP contribution in [0.25, 0.3) is 0 Å². The molecular formula is C22H21ClN4O2. The number of aryl methyl sites for hydroxylation is 1. The molecule has 6 nitrogen and oxygen atoms in total. The van der Waals surface area contributed by atoms with Crippen molar-refractivity contribution in [2.24, 2.45) is 0 Å². The zero-order chi connectivity index (χ0) is 20.2. The Balaban J connectivity index is 1.47. The third-order valence-electron chi connectivity index (χ3n) is 4.90. The number of nitrogens with zero attached hydrogens (tertiary/aromatic N) is 3. The molecule has 2 aromatic carbocycles. The number of hydrogen-bond donors (Lipinski definition) is 1. The Bertz CT molecular complexity index is 1020. The van der Waals surface area contributed by atoms with Gasteiger partial charge in [0.05, 0.1) is 0 Å². The lowest BCUT2D eigenvalue weighted by molar-refractivity contribution is 0.0745. The summed E-state index contributed by atoms with van der Waals surface area (Å²) >= 11 is 5.94. The SMILES string of the molecule is O=C(NCc1ccccc1)c1cc2n(n1)CCCN(Cc1ccc(Cl)cc1)C2=O. The summed E-state index contributed by atoms with van der Waals surface area (Å²) in [5, 5.41) is 7.89. The number of rotatable bonds is 5. The summed E-state index contributed by atoms with van der Waals surface area (Å²) in [4.78, 5) is 27.3. The number of halogens is 1. The number of carbonyl (C=O) groups excluding carboxylic acids is 2. The number of aromatic nitrogens is 2. The number of carbonyl (C=O) groups is 2. The van der Waals surface area contributed by atoms with Crippen LogP contribution in [0.4, 0.5) is 0 Å². The maximum Gasteiger partial charge on any atom is 0.272 e. The summed E-state index contributed by atoms with van der Waals surface area (Å²) in [6, 6.07) is 18.7. The van der Waals surface area contributed by atoms with Crippen molar-refractivity contribution < 1.29 is 9.59 Å². The van der Waals surface area contributed by atoms with Gasteiger partial charge in [0.2, 0.25) is 0 Å². The van der Waals surface area contributed by atoms with E-state index >= 15 is 0 Å². The molecule has 0 radical (unpaired) electrons. The van der Waals surface area contributed by atoms with Gasteiger partial charge in [-0.3, -0.25) is 14.3 Å². The Morgan fingerprint density at radius 2 is 1.79 bits per heavy atom. The first kappa shape index (κ1) is 19.2. The van der Waals surface area contributed by atoms with Crippen LogP contribution < -0.4 is 5.32 Å². The van der Waals surface area contributed by atoms with E-state index in [1.54, 1.807) is 15.6 Å². The van der Waals surface area contributed by atoms with E-state index in [0.29, 0.717) is 36.9 Å². The van der Waals surface area contributed by atoms with Crippen molar-refractivity contribution in [2.45, 2.75) is 26.1 Å². The van der Waals surface area contributed by atoms with Crippen LogP contribution in [0.3, 0.4) is 0 Å². The average Bonchev–Trinajstić information content (AvgIpc) is 3.11. The largest absolute Gasteiger partial charge is 0.347 e. The zero-order valence-corrected chi connectivity index (χ0v) is 16.6. The Morgan fingerprint density at radius 3 is 2.55 bits per heavy atom. The van der Waals surface area contributed by atoms with Crippen molar-refractivity contribution in [1.82, 2.24) is 20.0 Å². The van der Waals surface area contributed by atoms with Crippen molar-refractivity contribution in [3.05, 3.63) is 88.2 Å². The molecule has 4 rings (SSSR count). The van der Waals surface area contributed by atoms with Gasteiger partial charge in [-0.05, 0) is 29.7 Å². The van der Waals surface area contributed by atoms with Crippen molar-refractivity contribution >= 4 is 23.4 Å². The molecule has 1 aliphatic rings. The highest BCUT2D eigenvalue weighted by Crippen LogP contribution is 2.18. The van der Waals surface area contributed by atoms with Gasteiger partial charge in [-0.2, -0.15) is 5.10 Å². The van der Waals surface area contributed by atoms with Crippen LogP contribution in [0.1, 0.15) is 38.5 Å². The molecule has 2 heterocycles. The average molecular weight is 409 g/mol. The van der Waals surface area contributed by atoms with Crippen molar-refractivity contribution in [1.29, 1.82) is 0 Å². The van der Waals surface area contributed by atoms with E-state index in [-0.39, 0.29) is 17.5 Å². The molecule has 0 aliphatic carbocycles. The van der Waals surface area contributed by atoms with Crippen LogP contribution >= 0.6 is 11.6 Å². The van der Waals surface area contributed by atoms with Gasteiger partial charge >= 0.3 is 0 Å². The summed E-state index contributed by atoms with van der Waals surface area (Å²) in [5.74, 6) is -0.404. The van der Waals surface area contributed by atoms with Gasteiger partial charge in [-0.1, -0.05) is 54.1 Å². The van der Waals surface area contributed by atoms with Gasteiger partial charge in [-0.15, -0.1) is 0 Å². The molecule has 1 aliphatic heterocycles. The van der Waals surface area contributed by atoms with E-state index in [2.05, 4.69) is 10.4 Å². The lowest BCUT2D eigenvalue weighted by Crippen LogP contribution is -2.30. The minimum absolute atomic E-state index is 0.118. The fraction of sp³-hybridized carbons (Fsp3) is 0.227. The number of benzene rings is 2. The van der Waals surface area contributed by atoms with Gasteiger partial charge in [0.1, 0.15) is 5.69 Å². The third-order valence-corrected chi connectivity index (χ3v) is 5.15.